The van der Waals surface area contributed by atoms with E-state index >= 15 is 0 Å². The van der Waals surface area contributed by atoms with E-state index in [1.54, 1.807) is 24.2 Å². The molecule has 3 rings (SSSR count). The number of hydrogen-bond acceptors (Lipinski definition) is 3. The average Bonchev–Trinajstić information content (AvgIpc) is 3.02. The van der Waals surface area contributed by atoms with Crippen molar-refractivity contribution in [3.63, 3.8) is 0 Å². The maximum absolute atomic E-state index is 13.5. The number of benzene rings is 1. The maximum atomic E-state index is 13.5. The number of aromatic nitrogens is 1. The Morgan fingerprint density at radius 2 is 2.00 bits per heavy atom. The van der Waals surface area contributed by atoms with E-state index < -0.39 is 11.6 Å². The molecule has 1 N–H and O–H groups in total. The van der Waals surface area contributed by atoms with Crippen molar-refractivity contribution < 1.29 is 13.6 Å². The van der Waals surface area contributed by atoms with Crippen LogP contribution in [-0.4, -0.2) is 35.4 Å². The number of carbonyl (C=O) groups is 1. The molecule has 2 heterocycles. The summed E-state index contributed by atoms with van der Waals surface area (Å²) in [5, 5.41) is 3.61. The molecule has 2 atom stereocenters. The highest BCUT2D eigenvalue weighted by Gasteiger charge is 2.35. The van der Waals surface area contributed by atoms with Gasteiger partial charge < -0.3 is 10.2 Å². The minimum Gasteiger partial charge on any atom is -0.348 e. The van der Waals surface area contributed by atoms with Gasteiger partial charge in [0.05, 0.1) is 5.69 Å². The SMILES string of the molecule is CN(C=O)CC[C@]1(C)CC[C@H](c2cc(-c3cc(F)cc(F)c3)ccn2)N1. The van der Waals surface area contributed by atoms with Crippen LogP contribution >= 0.6 is 0 Å². The van der Waals surface area contributed by atoms with Crippen molar-refractivity contribution >= 4 is 6.41 Å². The normalized spacial score (nSPS) is 22.4. The van der Waals surface area contributed by atoms with E-state index in [1.807, 2.05) is 6.07 Å². The predicted octanol–water partition coefficient (Wildman–Crippen LogP) is 3.69. The number of halogens is 2. The van der Waals surface area contributed by atoms with E-state index in [-0.39, 0.29) is 11.6 Å². The quantitative estimate of drug-likeness (QED) is 0.800. The molecule has 1 aliphatic rings. The molecular weight excluding hydrogens is 336 g/mol. The molecule has 1 aromatic heterocycles. The zero-order valence-electron chi connectivity index (χ0n) is 15.0. The summed E-state index contributed by atoms with van der Waals surface area (Å²) in [6.07, 6.45) is 5.26. The highest BCUT2D eigenvalue weighted by Crippen LogP contribution is 2.35. The summed E-state index contributed by atoms with van der Waals surface area (Å²) >= 11 is 0. The van der Waals surface area contributed by atoms with Crippen LogP contribution in [0, 0.1) is 11.6 Å². The van der Waals surface area contributed by atoms with Gasteiger partial charge in [0.25, 0.3) is 0 Å². The van der Waals surface area contributed by atoms with Crippen LogP contribution in [0.3, 0.4) is 0 Å². The molecule has 0 unspecified atom stereocenters. The molecule has 1 fully saturated rings. The topological polar surface area (TPSA) is 45.2 Å². The molecule has 0 saturated carbocycles. The van der Waals surface area contributed by atoms with Crippen LogP contribution in [0.25, 0.3) is 11.1 Å². The number of pyridine rings is 1. The predicted molar refractivity (Wildman–Crippen MR) is 96.4 cm³/mol. The van der Waals surface area contributed by atoms with Crippen molar-refractivity contribution in [2.45, 2.75) is 37.8 Å². The van der Waals surface area contributed by atoms with Gasteiger partial charge >= 0.3 is 0 Å². The second-order valence-electron chi connectivity index (χ2n) is 7.26. The van der Waals surface area contributed by atoms with Crippen molar-refractivity contribution in [3.8, 4) is 11.1 Å². The molecule has 1 saturated heterocycles. The molecular formula is C20H23F2N3O. The number of carbonyl (C=O) groups excluding carboxylic acids is 1. The summed E-state index contributed by atoms with van der Waals surface area (Å²) in [5.74, 6) is -1.19. The molecule has 0 spiro atoms. The van der Waals surface area contributed by atoms with Gasteiger partial charge in [0.1, 0.15) is 11.6 Å². The Bertz CT molecular complexity index is 778. The van der Waals surface area contributed by atoms with Crippen molar-refractivity contribution in [2.75, 3.05) is 13.6 Å². The van der Waals surface area contributed by atoms with Crippen LogP contribution in [0.4, 0.5) is 8.78 Å². The van der Waals surface area contributed by atoms with Crippen molar-refractivity contribution in [2.24, 2.45) is 0 Å². The zero-order chi connectivity index (χ0) is 18.7. The van der Waals surface area contributed by atoms with Gasteiger partial charge in [-0.2, -0.15) is 0 Å². The molecule has 0 aliphatic carbocycles. The first-order chi connectivity index (χ1) is 12.4. The number of hydrogen-bond donors (Lipinski definition) is 1. The van der Waals surface area contributed by atoms with E-state index in [2.05, 4.69) is 17.2 Å². The van der Waals surface area contributed by atoms with Gasteiger partial charge in [-0.25, -0.2) is 8.78 Å². The second-order valence-corrected chi connectivity index (χ2v) is 7.26. The fourth-order valence-electron chi connectivity index (χ4n) is 3.46. The maximum Gasteiger partial charge on any atom is 0.209 e. The van der Waals surface area contributed by atoms with Gasteiger partial charge in [0.2, 0.25) is 6.41 Å². The molecule has 0 radical (unpaired) electrons. The Kier molecular flexibility index (Phi) is 5.32. The fourth-order valence-corrected chi connectivity index (χ4v) is 3.46. The number of amides is 1. The van der Waals surface area contributed by atoms with Crippen molar-refractivity contribution in [1.82, 2.24) is 15.2 Å². The number of rotatable bonds is 6. The van der Waals surface area contributed by atoms with Gasteiger partial charge in [0, 0.05) is 37.4 Å². The first-order valence-electron chi connectivity index (χ1n) is 8.74. The number of nitrogens with one attached hydrogen (secondary N) is 1. The first-order valence-corrected chi connectivity index (χ1v) is 8.74. The summed E-state index contributed by atoms with van der Waals surface area (Å²) < 4.78 is 27.0. The van der Waals surface area contributed by atoms with Gasteiger partial charge in [-0.05, 0) is 61.6 Å². The minimum atomic E-state index is -0.593. The Morgan fingerprint density at radius 3 is 2.69 bits per heavy atom. The monoisotopic (exact) mass is 359 g/mol. The zero-order valence-corrected chi connectivity index (χ0v) is 15.0. The van der Waals surface area contributed by atoms with Crippen LogP contribution < -0.4 is 5.32 Å². The van der Waals surface area contributed by atoms with Crippen molar-refractivity contribution in [1.29, 1.82) is 0 Å². The molecule has 0 bridgehead atoms. The third-order valence-corrected chi connectivity index (χ3v) is 5.04. The van der Waals surface area contributed by atoms with Crippen LogP contribution in [-0.2, 0) is 4.79 Å². The van der Waals surface area contributed by atoms with Crippen LogP contribution in [0.15, 0.2) is 36.5 Å². The third kappa shape index (κ3) is 4.25. The molecule has 6 heteroatoms. The summed E-state index contributed by atoms with van der Waals surface area (Å²) in [6, 6.07) is 7.24. The van der Waals surface area contributed by atoms with Gasteiger partial charge in [-0.15, -0.1) is 0 Å². The van der Waals surface area contributed by atoms with Gasteiger partial charge in [0.15, 0.2) is 0 Å². The molecule has 1 aliphatic heterocycles. The highest BCUT2D eigenvalue weighted by molar-refractivity contribution is 5.63. The molecule has 1 amide bonds. The third-order valence-electron chi connectivity index (χ3n) is 5.04. The lowest BCUT2D eigenvalue weighted by Crippen LogP contribution is -2.40. The standard InChI is InChI=1S/C20H23F2N3O/c1-20(6-8-25(2)13-26)5-3-18(24-20)19-11-14(4-7-23-19)15-9-16(21)12-17(22)10-15/h4,7,9-13,18,24H,3,5-6,8H2,1-2H3/t18-,20+/m1/s1. The lowest BCUT2D eigenvalue weighted by molar-refractivity contribution is -0.117. The summed E-state index contributed by atoms with van der Waals surface area (Å²) in [7, 11) is 1.77. The molecule has 26 heavy (non-hydrogen) atoms. The largest absolute Gasteiger partial charge is 0.348 e. The van der Waals surface area contributed by atoms with E-state index in [9.17, 15) is 13.6 Å². The molecule has 1 aromatic carbocycles. The smallest absolute Gasteiger partial charge is 0.209 e. The summed E-state index contributed by atoms with van der Waals surface area (Å²) in [6.45, 7) is 2.84. The fraction of sp³-hybridized carbons (Fsp3) is 0.400. The average molecular weight is 359 g/mol. The number of nitrogens with zero attached hydrogens (tertiary/aromatic N) is 2. The van der Waals surface area contributed by atoms with Gasteiger partial charge in [-0.3, -0.25) is 9.78 Å². The molecule has 138 valence electrons. The Labute approximate surface area is 152 Å². The minimum absolute atomic E-state index is 0.0649. The summed E-state index contributed by atoms with van der Waals surface area (Å²) in [5.41, 5.74) is 2.04. The second kappa shape index (κ2) is 7.50. The van der Waals surface area contributed by atoms with E-state index in [0.717, 1.165) is 43.0 Å². The Morgan fingerprint density at radius 1 is 1.27 bits per heavy atom. The van der Waals surface area contributed by atoms with E-state index in [4.69, 9.17) is 0 Å². The lowest BCUT2D eigenvalue weighted by atomic mass is 9.96. The van der Waals surface area contributed by atoms with E-state index in [0.29, 0.717) is 12.1 Å². The summed E-state index contributed by atoms with van der Waals surface area (Å²) in [4.78, 5) is 16.9. The Hall–Kier alpha value is -2.34. The van der Waals surface area contributed by atoms with E-state index in [1.165, 1.54) is 12.1 Å². The van der Waals surface area contributed by atoms with Crippen LogP contribution in [0.1, 0.15) is 37.9 Å². The highest BCUT2D eigenvalue weighted by atomic mass is 19.1. The Balaban J connectivity index is 1.76. The lowest BCUT2D eigenvalue weighted by Gasteiger charge is -2.27. The molecule has 2 aromatic rings. The first kappa shape index (κ1) is 18.5. The molecule has 4 nitrogen and oxygen atoms in total. The van der Waals surface area contributed by atoms with Gasteiger partial charge in [-0.1, -0.05) is 0 Å². The van der Waals surface area contributed by atoms with Crippen LogP contribution in [0.2, 0.25) is 0 Å². The van der Waals surface area contributed by atoms with Crippen LogP contribution in [0.5, 0.6) is 0 Å². The van der Waals surface area contributed by atoms with Crippen molar-refractivity contribution in [3.05, 3.63) is 53.9 Å².